The zero-order valence-corrected chi connectivity index (χ0v) is 10.8. The number of benzene rings is 1. The van der Waals surface area contributed by atoms with Crippen LogP contribution in [0.5, 0.6) is 5.75 Å². The van der Waals surface area contributed by atoms with Crippen LogP contribution in [0.1, 0.15) is 10.5 Å². The summed E-state index contributed by atoms with van der Waals surface area (Å²) in [4.78, 5) is 22.4. The van der Waals surface area contributed by atoms with Gasteiger partial charge in [0.25, 0.3) is 5.91 Å². The van der Waals surface area contributed by atoms with E-state index in [9.17, 15) is 9.59 Å². The van der Waals surface area contributed by atoms with Gasteiger partial charge in [-0.15, -0.1) is 0 Å². The van der Waals surface area contributed by atoms with Crippen LogP contribution < -0.4 is 10.5 Å². The van der Waals surface area contributed by atoms with Crippen molar-refractivity contribution in [1.82, 2.24) is 9.78 Å². The molecule has 2 N–H and O–H groups in total. The van der Waals surface area contributed by atoms with Gasteiger partial charge in [0.15, 0.2) is 12.4 Å². The van der Waals surface area contributed by atoms with E-state index in [4.69, 9.17) is 15.2 Å². The first kappa shape index (κ1) is 13.6. The average molecular weight is 275 g/mol. The van der Waals surface area contributed by atoms with Crippen LogP contribution in [0.4, 0.5) is 0 Å². The highest BCUT2D eigenvalue weighted by atomic mass is 16.5. The summed E-state index contributed by atoms with van der Waals surface area (Å²) in [6, 6.07) is 9.20. The van der Waals surface area contributed by atoms with Gasteiger partial charge in [-0.2, -0.15) is 5.10 Å². The lowest BCUT2D eigenvalue weighted by Crippen LogP contribution is -2.21. The van der Waals surface area contributed by atoms with E-state index in [0.29, 0.717) is 0 Å². The highest BCUT2D eigenvalue weighted by Crippen LogP contribution is 2.20. The zero-order chi connectivity index (χ0) is 14.5. The van der Waals surface area contributed by atoms with Crippen LogP contribution in [0.3, 0.4) is 0 Å². The monoisotopic (exact) mass is 275 g/mol. The smallest absolute Gasteiger partial charge is 0.363 e. The number of para-hydroxylation sites is 1. The Morgan fingerprint density at radius 1 is 1.30 bits per heavy atom. The van der Waals surface area contributed by atoms with Gasteiger partial charge in [0, 0.05) is 0 Å². The summed E-state index contributed by atoms with van der Waals surface area (Å²) in [5.41, 5.74) is 5.66. The molecule has 0 unspecified atom stereocenters. The number of primary amides is 1. The summed E-state index contributed by atoms with van der Waals surface area (Å²) < 4.78 is 11.3. The Bertz CT molecular complexity index is 622. The third-order valence-corrected chi connectivity index (χ3v) is 2.46. The fraction of sp³-hybridized carbons (Fsp3) is 0.154. The molecule has 2 aromatic rings. The van der Waals surface area contributed by atoms with Crippen molar-refractivity contribution >= 4 is 11.9 Å². The van der Waals surface area contributed by atoms with Gasteiger partial charge in [-0.1, -0.05) is 18.2 Å². The van der Waals surface area contributed by atoms with E-state index in [2.05, 4.69) is 5.10 Å². The van der Waals surface area contributed by atoms with Gasteiger partial charge in [-0.05, 0) is 12.1 Å². The molecule has 0 radical (unpaired) electrons. The highest BCUT2D eigenvalue weighted by molar-refractivity contribution is 5.91. The van der Waals surface area contributed by atoms with E-state index in [1.54, 1.807) is 6.20 Å². The van der Waals surface area contributed by atoms with Crippen LogP contribution in [0, 0.1) is 0 Å². The topological polar surface area (TPSA) is 96.4 Å². The molecule has 1 heterocycles. The second-order valence-corrected chi connectivity index (χ2v) is 3.87. The van der Waals surface area contributed by atoms with Crippen molar-refractivity contribution in [2.45, 2.75) is 0 Å². The minimum Gasteiger partial charge on any atom is -0.493 e. The quantitative estimate of drug-likeness (QED) is 0.802. The first-order chi connectivity index (χ1) is 9.61. The molecule has 1 amide bonds. The van der Waals surface area contributed by atoms with Crippen molar-refractivity contribution in [2.75, 3.05) is 13.7 Å². The van der Waals surface area contributed by atoms with E-state index in [1.165, 1.54) is 11.8 Å². The fourth-order valence-corrected chi connectivity index (χ4v) is 1.57. The number of amides is 1. The van der Waals surface area contributed by atoms with Gasteiger partial charge < -0.3 is 15.2 Å². The lowest BCUT2D eigenvalue weighted by atomic mass is 10.3. The van der Waals surface area contributed by atoms with Crippen LogP contribution in [-0.4, -0.2) is 35.4 Å². The summed E-state index contributed by atoms with van der Waals surface area (Å²) >= 11 is 0. The number of rotatable bonds is 5. The maximum absolute atomic E-state index is 11.8. The number of hydrogen-bond acceptors (Lipinski definition) is 5. The predicted molar refractivity (Wildman–Crippen MR) is 69.6 cm³/mol. The molecule has 0 aliphatic heterocycles. The standard InChI is InChI=1S/C13H13N3O4/c1-19-10-7-16(9-5-3-2-4-6-9)15-12(10)13(18)20-8-11(14)17/h2-7H,8H2,1H3,(H2,14,17). The van der Waals surface area contributed by atoms with Crippen molar-refractivity contribution in [3.63, 3.8) is 0 Å². The minimum absolute atomic E-state index is 0.0161. The number of carbonyl (C=O) groups excluding carboxylic acids is 2. The largest absolute Gasteiger partial charge is 0.493 e. The number of nitrogens with two attached hydrogens (primary N) is 1. The number of carbonyl (C=O) groups is 2. The third kappa shape index (κ3) is 2.94. The third-order valence-electron chi connectivity index (χ3n) is 2.46. The fourth-order valence-electron chi connectivity index (χ4n) is 1.57. The number of methoxy groups -OCH3 is 1. The second kappa shape index (κ2) is 5.87. The molecule has 0 aliphatic carbocycles. The highest BCUT2D eigenvalue weighted by Gasteiger charge is 2.20. The SMILES string of the molecule is COc1cn(-c2ccccc2)nc1C(=O)OCC(N)=O. The molecule has 0 bridgehead atoms. The van der Waals surface area contributed by atoms with E-state index in [-0.39, 0.29) is 11.4 Å². The molecule has 104 valence electrons. The van der Waals surface area contributed by atoms with Gasteiger partial charge in [-0.3, -0.25) is 4.79 Å². The Morgan fingerprint density at radius 3 is 2.60 bits per heavy atom. The molecule has 0 saturated heterocycles. The molecule has 0 spiro atoms. The maximum Gasteiger partial charge on any atom is 0.363 e. The number of nitrogens with zero attached hydrogens (tertiary/aromatic N) is 2. The Kier molecular flexibility index (Phi) is 3.99. The van der Waals surface area contributed by atoms with Crippen LogP contribution >= 0.6 is 0 Å². The van der Waals surface area contributed by atoms with Crippen molar-refractivity contribution < 1.29 is 19.1 Å². The molecule has 20 heavy (non-hydrogen) atoms. The summed E-state index contributed by atoms with van der Waals surface area (Å²) in [5.74, 6) is -1.25. The van der Waals surface area contributed by atoms with Gasteiger partial charge in [0.05, 0.1) is 19.0 Å². The minimum atomic E-state index is -0.768. The number of hydrogen-bond donors (Lipinski definition) is 1. The van der Waals surface area contributed by atoms with Crippen molar-refractivity contribution in [2.24, 2.45) is 5.73 Å². The normalized spacial score (nSPS) is 10.1. The first-order valence-electron chi connectivity index (χ1n) is 5.76. The predicted octanol–water partition coefficient (Wildman–Crippen LogP) is 0.523. The molecule has 1 aromatic carbocycles. The Labute approximate surface area is 114 Å². The van der Waals surface area contributed by atoms with Gasteiger partial charge >= 0.3 is 5.97 Å². The zero-order valence-electron chi connectivity index (χ0n) is 10.8. The summed E-state index contributed by atoms with van der Waals surface area (Å²) in [5, 5.41) is 4.09. The van der Waals surface area contributed by atoms with Crippen LogP contribution in [0.15, 0.2) is 36.5 Å². The van der Waals surface area contributed by atoms with Crippen molar-refractivity contribution in [3.05, 3.63) is 42.2 Å². The molecule has 1 aromatic heterocycles. The molecule has 2 rings (SSSR count). The summed E-state index contributed by atoms with van der Waals surface area (Å²) in [6.07, 6.45) is 1.55. The molecular formula is C13H13N3O4. The molecule has 0 saturated carbocycles. The number of aromatic nitrogens is 2. The molecule has 0 fully saturated rings. The molecule has 7 heteroatoms. The number of ether oxygens (including phenoxy) is 2. The lowest BCUT2D eigenvalue weighted by molar-refractivity contribution is -0.121. The van der Waals surface area contributed by atoms with E-state index < -0.39 is 18.5 Å². The van der Waals surface area contributed by atoms with Gasteiger partial charge in [0.1, 0.15) is 0 Å². The summed E-state index contributed by atoms with van der Waals surface area (Å²) in [6.45, 7) is -0.500. The Hall–Kier alpha value is -2.83. The molecular weight excluding hydrogens is 262 g/mol. The summed E-state index contributed by atoms with van der Waals surface area (Å²) in [7, 11) is 1.41. The van der Waals surface area contributed by atoms with Gasteiger partial charge in [0.2, 0.25) is 5.69 Å². The Morgan fingerprint density at radius 2 is 2.00 bits per heavy atom. The molecule has 0 aliphatic rings. The van der Waals surface area contributed by atoms with Crippen LogP contribution in [-0.2, 0) is 9.53 Å². The maximum atomic E-state index is 11.8. The number of esters is 1. The van der Waals surface area contributed by atoms with Crippen molar-refractivity contribution in [3.8, 4) is 11.4 Å². The molecule has 7 nitrogen and oxygen atoms in total. The molecule has 0 atom stereocenters. The van der Waals surface area contributed by atoms with Crippen LogP contribution in [0.2, 0.25) is 0 Å². The first-order valence-corrected chi connectivity index (χ1v) is 5.76. The van der Waals surface area contributed by atoms with Crippen molar-refractivity contribution in [1.29, 1.82) is 0 Å². The van der Waals surface area contributed by atoms with Crippen LogP contribution in [0.25, 0.3) is 5.69 Å². The Balaban J connectivity index is 2.27. The average Bonchev–Trinajstić information content (AvgIpc) is 2.90. The van der Waals surface area contributed by atoms with E-state index in [0.717, 1.165) is 5.69 Å². The van der Waals surface area contributed by atoms with E-state index >= 15 is 0 Å². The van der Waals surface area contributed by atoms with Gasteiger partial charge in [-0.25, -0.2) is 9.48 Å². The lowest BCUT2D eigenvalue weighted by Gasteiger charge is -2.01. The van der Waals surface area contributed by atoms with E-state index in [1.807, 2.05) is 30.3 Å². The second-order valence-electron chi connectivity index (χ2n) is 3.87.